The van der Waals surface area contributed by atoms with E-state index < -0.39 is 0 Å². The summed E-state index contributed by atoms with van der Waals surface area (Å²) in [5, 5.41) is 0. The third kappa shape index (κ3) is 1.99. The van der Waals surface area contributed by atoms with Crippen LogP contribution in [0.2, 0.25) is 0 Å². The van der Waals surface area contributed by atoms with E-state index in [0.29, 0.717) is 30.8 Å². The van der Waals surface area contributed by atoms with Crippen molar-refractivity contribution in [3.05, 3.63) is 0 Å². The highest BCUT2D eigenvalue weighted by atomic mass is 16.5. The van der Waals surface area contributed by atoms with Gasteiger partial charge in [0.25, 0.3) is 0 Å². The second-order valence-electron chi connectivity index (χ2n) is 4.30. The fraction of sp³-hybridized carbons (Fsp3) is 0.750. The molecule has 2 bridgehead atoms. The van der Waals surface area contributed by atoms with Gasteiger partial charge in [-0.3, -0.25) is 4.79 Å². The smallest absolute Gasteiger partial charge is 0.137 e. The number of carbonyl (C=O) groups is 1. The molecule has 2 fully saturated rings. The Balaban J connectivity index is 1.87. The maximum absolute atomic E-state index is 11.7. The van der Waals surface area contributed by atoms with E-state index in [1.54, 1.807) is 0 Å². The summed E-state index contributed by atoms with van der Waals surface area (Å²) in [5.41, 5.74) is 0. The van der Waals surface area contributed by atoms with Crippen molar-refractivity contribution >= 4 is 5.78 Å². The van der Waals surface area contributed by atoms with E-state index >= 15 is 0 Å². The molecular weight excluding hydrogens is 176 g/mol. The number of rotatable bonds is 3. The molecule has 2 saturated heterocycles. The zero-order chi connectivity index (χ0) is 9.97. The van der Waals surface area contributed by atoms with Crippen LogP contribution in [0.25, 0.3) is 0 Å². The molecule has 0 radical (unpaired) electrons. The van der Waals surface area contributed by atoms with Crippen molar-refractivity contribution in [2.45, 2.75) is 50.7 Å². The fourth-order valence-electron chi connectivity index (χ4n) is 2.52. The number of ether oxygens (including phenoxy) is 1. The Kier molecular flexibility index (Phi) is 2.88. The van der Waals surface area contributed by atoms with Gasteiger partial charge in [-0.25, -0.2) is 0 Å². The molecule has 0 aromatic rings. The molecule has 2 unspecified atom stereocenters. The molecule has 0 N–H and O–H groups in total. The quantitative estimate of drug-likeness (QED) is 0.639. The molecule has 2 aliphatic heterocycles. The van der Waals surface area contributed by atoms with Gasteiger partial charge in [-0.15, -0.1) is 12.3 Å². The summed E-state index contributed by atoms with van der Waals surface area (Å²) in [7, 11) is 0. The lowest BCUT2D eigenvalue weighted by Gasteiger charge is -2.27. The standard InChI is InChI=1S/C12H16O2/c1-2-3-4-12(13)9-7-10-5-6-11(8-9)14-10/h1,9-11H,3-8H2. The number of carbonyl (C=O) groups excluding carboxylic acids is 1. The number of ketones is 1. The first-order valence-electron chi connectivity index (χ1n) is 5.41. The fourth-order valence-corrected chi connectivity index (χ4v) is 2.52. The summed E-state index contributed by atoms with van der Waals surface area (Å²) < 4.78 is 5.69. The number of fused-ring (bicyclic) bond motifs is 2. The van der Waals surface area contributed by atoms with Crippen LogP contribution in [0.15, 0.2) is 0 Å². The van der Waals surface area contributed by atoms with Crippen molar-refractivity contribution < 1.29 is 9.53 Å². The molecule has 2 heterocycles. The molecule has 0 amide bonds. The van der Waals surface area contributed by atoms with Gasteiger partial charge < -0.3 is 4.74 Å². The van der Waals surface area contributed by atoms with Crippen molar-refractivity contribution in [2.75, 3.05) is 0 Å². The highest BCUT2D eigenvalue weighted by Crippen LogP contribution is 2.36. The lowest BCUT2D eigenvalue weighted by atomic mass is 9.89. The van der Waals surface area contributed by atoms with Gasteiger partial charge in [0.2, 0.25) is 0 Å². The van der Waals surface area contributed by atoms with Gasteiger partial charge >= 0.3 is 0 Å². The summed E-state index contributed by atoms with van der Waals surface area (Å²) in [6, 6.07) is 0. The van der Waals surface area contributed by atoms with Gasteiger partial charge in [-0.2, -0.15) is 0 Å². The van der Waals surface area contributed by atoms with E-state index in [1.165, 1.54) is 0 Å². The summed E-state index contributed by atoms with van der Waals surface area (Å²) in [6.45, 7) is 0. The minimum atomic E-state index is 0.231. The molecule has 0 aromatic heterocycles. The van der Waals surface area contributed by atoms with E-state index in [-0.39, 0.29) is 5.92 Å². The van der Waals surface area contributed by atoms with Crippen LogP contribution in [0.3, 0.4) is 0 Å². The first-order chi connectivity index (χ1) is 6.79. The first kappa shape index (κ1) is 9.73. The normalized spacial score (nSPS) is 35.2. The molecule has 14 heavy (non-hydrogen) atoms. The number of Topliss-reactive ketones (excluding diaryl/α,β-unsaturated/α-hetero) is 1. The Bertz CT molecular complexity index is 252. The molecule has 2 aliphatic rings. The van der Waals surface area contributed by atoms with Crippen molar-refractivity contribution in [3.63, 3.8) is 0 Å². The van der Waals surface area contributed by atoms with Crippen LogP contribution in [-0.4, -0.2) is 18.0 Å². The second-order valence-corrected chi connectivity index (χ2v) is 4.30. The maximum atomic E-state index is 11.7. The van der Waals surface area contributed by atoms with Gasteiger partial charge in [0, 0.05) is 18.8 Å². The van der Waals surface area contributed by atoms with Gasteiger partial charge in [-0.1, -0.05) is 0 Å². The van der Waals surface area contributed by atoms with Crippen LogP contribution in [0.4, 0.5) is 0 Å². The number of terminal acetylenes is 1. The van der Waals surface area contributed by atoms with Crippen molar-refractivity contribution in [3.8, 4) is 12.3 Å². The van der Waals surface area contributed by atoms with Gasteiger partial charge in [0.1, 0.15) is 5.78 Å². The zero-order valence-corrected chi connectivity index (χ0v) is 8.37. The minimum Gasteiger partial charge on any atom is -0.375 e. The SMILES string of the molecule is C#CCCC(=O)C1CC2CCC(C1)O2. The van der Waals surface area contributed by atoms with Crippen LogP contribution in [0.1, 0.15) is 38.5 Å². The summed E-state index contributed by atoms with van der Waals surface area (Å²) >= 11 is 0. The van der Waals surface area contributed by atoms with Crippen molar-refractivity contribution in [1.82, 2.24) is 0 Å². The summed E-state index contributed by atoms with van der Waals surface area (Å²) in [4.78, 5) is 11.7. The van der Waals surface area contributed by atoms with Gasteiger partial charge in [0.15, 0.2) is 0 Å². The largest absolute Gasteiger partial charge is 0.375 e. The highest BCUT2D eigenvalue weighted by molar-refractivity contribution is 5.81. The molecule has 76 valence electrons. The number of hydrogen-bond acceptors (Lipinski definition) is 2. The van der Waals surface area contributed by atoms with Crippen LogP contribution in [0, 0.1) is 18.3 Å². The van der Waals surface area contributed by atoms with E-state index in [2.05, 4.69) is 5.92 Å². The predicted octanol–water partition coefficient (Wildman–Crippen LogP) is 1.93. The topological polar surface area (TPSA) is 26.3 Å². The van der Waals surface area contributed by atoms with Gasteiger partial charge in [-0.05, 0) is 25.7 Å². The molecule has 2 nitrogen and oxygen atoms in total. The Labute approximate surface area is 85.0 Å². The third-order valence-electron chi connectivity index (χ3n) is 3.26. The summed E-state index contributed by atoms with van der Waals surface area (Å²) in [5.74, 6) is 3.10. The van der Waals surface area contributed by atoms with Crippen molar-refractivity contribution in [2.24, 2.45) is 5.92 Å². The molecule has 0 spiro atoms. The van der Waals surface area contributed by atoms with Crippen LogP contribution in [-0.2, 0) is 9.53 Å². The molecular formula is C12H16O2. The average molecular weight is 192 g/mol. The number of hydrogen-bond donors (Lipinski definition) is 0. The third-order valence-corrected chi connectivity index (χ3v) is 3.26. The molecule has 2 rings (SSSR count). The predicted molar refractivity (Wildman–Crippen MR) is 53.7 cm³/mol. The lowest BCUT2D eigenvalue weighted by molar-refractivity contribution is -0.128. The Hall–Kier alpha value is -0.810. The Morgan fingerprint density at radius 2 is 2.00 bits per heavy atom. The van der Waals surface area contributed by atoms with Crippen LogP contribution >= 0.6 is 0 Å². The first-order valence-corrected chi connectivity index (χ1v) is 5.41. The second kappa shape index (κ2) is 4.14. The van der Waals surface area contributed by atoms with E-state index in [1.807, 2.05) is 0 Å². The molecule has 2 heteroatoms. The summed E-state index contributed by atoms with van der Waals surface area (Å²) in [6.07, 6.45) is 11.1. The minimum absolute atomic E-state index is 0.231. The molecule has 0 aromatic carbocycles. The van der Waals surface area contributed by atoms with Crippen molar-refractivity contribution in [1.29, 1.82) is 0 Å². The van der Waals surface area contributed by atoms with E-state index in [9.17, 15) is 4.79 Å². The van der Waals surface area contributed by atoms with Crippen LogP contribution in [0.5, 0.6) is 0 Å². The molecule has 2 atom stereocenters. The zero-order valence-electron chi connectivity index (χ0n) is 8.37. The Morgan fingerprint density at radius 1 is 1.36 bits per heavy atom. The molecule has 0 aliphatic carbocycles. The van der Waals surface area contributed by atoms with Crippen LogP contribution < -0.4 is 0 Å². The van der Waals surface area contributed by atoms with E-state index in [0.717, 1.165) is 25.7 Å². The van der Waals surface area contributed by atoms with Gasteiger partial charge in [0.05, 0.1) is 12.2 Å². The highest BCUT2D eigenvalue weighted by Gasteiger charge is 2.37. The molecule has 0 saturated carbocycles. The van der Waals surface area contributed by atoms with E-state index in [4.69, 9.17) is 11.2 Å². The lowest BCUT2D eigenvalue weighted by Crippen LogP contribution is -2.29. The monoisotopic (exact) mass is 192 g/mol. The Morgan fingerprint density at radius 3 is 2.57 bits per heavy atom. The maximum Gasteiger partial charge on any atom is 0.137 e. The average Bonchev–Trinajstić information content (AvgIpc) is 2.54.